The van der Waals surface area contributed by atoms with Crippen molar-refractivity contribution in [2.45, 2.75) is 34.1 Å². The van der Waals surface area contributed by atoms with Crippen molar-refractivity contribution in [3.63, 3.8) is 0 Å². The first-order valence-corrected chi connectivity index (χ1v) is 5.68. The van der Waals surface area contributed by atoms with Gasteiger partial charge in [0.2, 0.25) is 0 Å². The first-order valence-electron chi connectivity index (χ1n) is 5.68. The first-order chi connectivity index (χ1) is 7.42. The van der Waals surface area contributed by atoms with E-state index in [1.807, 2.05) is 31.2 Å². The summed E-state index contributed by atoms with van der Waals surface area (Å²) < 4.78 is 4.93. The summed E-state index contributed by atoms with van der Waals surface area (Å²) in [6.07, 6.45) is 1.01. The van der Waals surface area contributed by atoms with Gasteiger partial charge in [-0.25, -0.2) is 4.79 Å². The number of ether oxygens (including phenoxy) is 1. The molecule has 1 aromatic rings. The van der Waals surface area contributed by atoms with Gasteiger partial charge in [0.1, 0.15) is 0 Å². The van der Waals surface area contributed by atoms with Crippen molar-refractivity contribution in [2.75, 3.05) is 6.61 Å². The van der Waals surface area contributed by atoms with Crippen LogP contribution in [0.5, 0.6) is 0 Å². The molecule has 2 heteroatoms. The molecule has 0 unspecified atom stereocenters. The van der Waals surface area contributed by atoms with Crippen molar-refractivity contribution < 1.29 is 9.53 Å². The van der Waals surface area contributed by atoms with Crippen LogP contribution in [0.2, 0.25) is 0 Å². The molecule has 16 heavy (non-hydrogen) atoms. The summed E-state index contributed by atoms with van der Waals surface area (Å²) in [6.45, 7) is 8.83. The zero-order valence-corrected chi connectivity index (χ0v) is 10.5. The van der Waals surface area contributed by atoms with Crippen molar-refractivity contribution in [1.82, 2.24) is 0 Å². The van der Waals surface area contributed by atoms with Gasteiger partial charge in [-0.15, -0.1) is 0 Å². The van der Waals surface area contributed by atoms with Gasteiger partial charge in [0.15, 0.2) is 0 Å². The van der Waals surface area contributed by atoms with Gasteiger partial charge >= 0.3 is 5.97 Å². The van der Waals surface area contributed by atoms with Crippen molar-refractivity contribution in [3.8, 4) is 0 Å². The number of carbonyl (C=O) groups excluding carboxylic acids is 1. The maximum atomic E-state index is 11.4. The molecular formula is C14H20O2. The number of carbonyl (C=O) groups is 1. The molecule has 0 N–H and O–H groups in total. The minimum absolute atomic E-state index is 0.246. The van der Waals surface area contributed by atoms with Crippen LogP contribution in [-0.2, 0) is 11.2 Å². The highest BCUT2D eigenvalue weighted by Gasteiger charge is 2.12. The monoisotopic (exact) mass is 220 g/mol. The molecule has 1 aromatic carbocycles. The number of benzene rings is 1. The summed E-state index contributed by atoms with van der Waals surface area (Å²) in [5.41, 5.74) is 2.14. The summed E-state index contributed by atoms with van der Waals surface area (Å²) in [7, 11) is 0. The van der Waals surface area contributed by atoms with E-state index in [-0.39, 0.29) is 11.4 Å². The molecule has 0 saturated carbocycles. The van der Waals surface area contributed by atoms with Crippen molar-refractivity contribution in [3.05, 3.63) is 35.4 Å². The van der Waals surface area contributed by atoms with Gasteiger partial charge in [0.25, 0.3) is 0 Å². The molecule has 2 nitrogen and oxygen atoms in total. The fraction of sp³-hybridized carbons (Fsp3) is 0.500. The fourth-order valence-corrected chi connectivity index (χ4v) is 1.59. The average molecular weight is 220 g/mol. The summed E-state index contributed by atoms with van der Waals surface area (Å²) in [6, 6.07) is 7.66. The molecule has 0 heterocycles. The highest BCUT2D eigenvalue weighted by molar-refractivity contribution is 5.89. The Balaban J connectivity index is 2.72. The van der Waals surface area contributed by atoms with E-state index in [4.69, 9.17) is 4.74 Å². The lowest BCUT2D eigenvalue weighted by Crippen LogP contribution is -2.09. The highest BCUT2D eigenvalue weighted by Crippen LogP contribution is 2.20. The standard InChI is InChI=1S/C14H20O2/c1-5-16-13(15)12-8-6-11(7-9-12)10-14(2,3)4/h6-9H,5,10H2,1-4H3. The van der Waals surface area contributed by atoms with E-state index in [2.05, 4.69) is 20.8 Å². The van der Waals surface area contributed by atoms with Crippen LogP contribution >= 0.6 is 0 Å². The maximum Gasteiger partial charge on any atom is 0.338 e. The third kappa shape index (κ3) is 4.05. The topological polar surface area (TPSA) is 26.3 Å². The minimum Gasteiger partial charge on any atom is -0.462 e. The molecule has 0 aliphatic carbocycles. The summed E-state index contributed by atoms with van der Waals surface area (Å²) in [5, 5.41) is 0. The Bertz CT molecular complexity index is 344. The van der Waals surface area contributed by atoms with Crippen LogP contribution in [0.15, 0.2) is 24.3 Å². The lowest BCUT2D eigenvalue weighted by atomic mass is 9.88. The Morgan fingerprint density at radius 3 is 2.19 bits per heavy atom. The van der Waals surface area contributed by atoms with E-state index in [1.165, 1.54) is 5.56 Å². The number of rotatable bonds is 3. The van der Waals surface area contributed by atoms with Gasteiger partial charge in [-0.2, -0.15) is 0 Å². The second-order valence-corrected chi connectivity index (χ2v) is 5.15. The molecule has 0 amide bonds. The molecule has 0 atom stereocenters. The van der Waals surface area contributed by atoms with Crippen molar-refractivity contribution >= 4 is 5.97 Å². The molecule has 0 bridgehead atoms. The normalized spacial score (nSPS) is 11.2. The molecule has 1 rings (SSSR count). The van der Waals surface area contributed by atoms with Crippen molar-refractivity contribution in [2.24, 2.45) is 5.41 Å². The van der Waals surface area contributed by atoms with Gasteiger partial charge in [0, 0.05) is 0 Å². The third-order valence-electron chi connectivity index (χ3n) is 2.20. The van der Waals surface area contributed by atoms with E-state index >= 15 is 0 Å². The first kappa shape index (κ1) is 12.8. The fourth-order valence-electron chi connectivity index (χ4n) is 1.59. The number of esters is 1. The Kier molecular flexibility index (Phi) is 4.11. The molecule has 0 fully saturated rings. The SMILES string of the molecule is CCOC(=O)c1ccc(CC(C)(C)C)cc1. The lowest BCUT2D eigenvalue weighted by molar-refractivity contribution is 0.0526. The second kappa shape index (κ2) is 5.15. The van der Waals surface area contributed by atoms with E-state index in [0.717, 1.165) is 6.42 Å². The van der Waals surface area contributed by atoms with Crippen LogP contribution in [0.1, 0.15) is 43.6 Å². The van der Waals surface area contributed by atoms with Crippen LogP contribution in [0.4, 0.5) is 0 Å². The Labute approximate surface area is 97.6 Å². The predicted molar refractivity (Wildman–Crippen MR) is 65.6 cm³/mol. The molecule has 0 radical (unpaired) electrons. The predicted octanol–water partition coefficient (Wildman–Crippen LogP) is 3.45. The third-order valence-corrected chi connectivity index (χ3v) is 2.20. The van der Waals surface area contributed by atoms with E-state index in [9.17, 15) is 4.79 Å². The van der Waals surface area contributed by atoms with Gasteiger partial charge in [-0.1, -0.05) is 32.9 Å². The Morgan fingerprint density at radius 1 is 1.19 bits per heavy atom. The summed E-state index contributed by atoms with van der Waals surface area (Å²) in [4.78, 5) is 11.4. The van der Waals surface area contributed by atoms with Gasteiger partial charge in [-0.3, -0.25) is 0 Å². The maximum absolute atomic E-state index is 11.4. The highest BCUT2D eigenvalue weighted by atomic mass is 16.5. The van der Waals surface area contributed by atoms with Gasteiger partial charge in [-0.05, 0) is 36.5 Å². The zero-order valence-electron chi connectivity index (χ0n) is 10.5. The van der Waals surface area contributed by atoms with Gasteiger partial charge < -0.3 is 4.74 Å². The minimum atomic E-state index is -0.246. The average Bonchev–Trinajstić information content (AvgIpc) is 2.16. The molecule has 0 saturated heterocycles. The molecular weight excluding hydrogens is 200 g/mol. The van der Waals surface area contributed by atoms with Crippen LogP contribution in [-0.4, -0.2) is 12.6 Å². The quantitative estimate of drug-likeness (QED) is 0.729. The lowest BCUT2D eigenvalue weighted by Gasteiger charge is -2.18. The number of hydrogen-bond donors (Lipinski definition) is 0. The molecule has 0 spiro atoms. The molecule has 88 valence electrons. The zero-order chi connectivity index (χ0) is 12.2. The van der Waals surface area contributed by atoms with E-state index in [0.29, 0.717) is 12.2 Å². The molecule has 0 aliphatic rings. The smallest absolute Gasteiger partial charge is 0.338 e. The Morgan fingerprint density at radius 2 is 1.75 bits per heavy atom. The second-order valence-electron chi connectivity index (χ2n) is 5.15. The van der Waals surface area contributed by atoms with Crippen LogP contribution < -0.4 is 0 Å². The molecule has 0 aliphatic heterocycles. The van der Waals surface area contributed by atoms with Crippen molar-refractivity contribution in [1.29, 1.82) is 0 Å². The largest absolute Gasteiger partial charge is 0.462 e. The summed E-state index contributed by atoms with van der Waals surface area (Å²) >= 11 is 0. The van der Waals surface area contributed by atoms with Crippen LogP contribution in [0.3, 0.4) is 0 Å². The van der Waals surface area contributed by atoms with Gasteiger partial charge in [0.05, 0.1) is 12.2 Å². The summed E-state index contributed by atoms with van der Waals surface area (Å²) in [5.74, 6) is -0.246. The molecule has 0 aromatic heterocycles. The Hall–Kier alpha value is -1.31. The van der Waals surface area contributed by atoms with Crippen LogP contribution in [0, 0.1) is 5.41 Å². The van der Waals surface area contributed by atoms with Crippen LogP contribution in [0.25, 0.3) is 0 Å². The van der Waals surface area contributed by atoms with E-state index < -0.39 is 0 Å². The number of hydrogen-bond acceptors (Lipinski definition) is 2. The van der Waals surface area contributed by atoms with E-state index in [1.54, 1.807) is 0 Å².